The van der Waals surface area contributed by atoms with Crippen LogP contribution in [0.5, 0.6) is 0 Å². The first-order chi connectivity index (χ1) is 11.8. The van der Waals surface area contributed by atoms with E-state index in [1.807, 2.05) is 6.07 Å². The van der Waals surface area contributed by atoms with Gasteiger partial charge < -0.3 is 4.42 Å². The maximum Gasteiger partial charge on any atom is 0.153 e. The number of hydrogen-bond donors (Lipinski definition) is 1. The number of furan rings is 1. The highest BCUT2D eigenvalue weighted by molar-refractivity contribution is 7.13. The predicted octanol–water partition coefficient (Wildman–Crippen LogP) is 3.46. The van der Waals surface area contributed by atoms with Crippen molar-refractivity contribution in [2.24, 2.45) is 0 Å². The molecule has 126 valence electrons. The van der Waals surface area contributed by atoms with Crippen LogP contribution in [-0.2, 0) is 13.0 Å². The number of aromatic nitrogens is 4. The predicted molar refractivity (Wildman–Crippen MR) is 92.8 cm³/mol. The summed E-state index contributed by atoms with van der Waals surface area (Å²) in [6.45, 7) is 5.15. The van der Waals surface area contributed by atoms with E-state index in [0.717, 1.165) is 66.8 Å². The van der Waals surface area contributed by atoms with Crippen molar-refractivity contribution in [2.75, 3.05) is 13.1 Å². The first kappa shape index (κ1) is 15.5. The molecular weight excluding hydrogens is 322 g/mol. The van der Waals surface area contributed by atoms with Crippen LogP contribution in [0.25, 0.3) is 10.6 Å². The maximum atomic E-state index is 5.13. The fourth-order valence-electron chi connectivity index (χ4n) is 3.13. The Kier molecular flexibility index (Phi) is 4.44. The van der Waals surface area contributed by atoms with Crippen LogP contribution in [0.15, 0.2) is 28.4 Å². The molecule has 3 aromatic rings. The van der Waals surface area contributed by atoms with Crippen LogP contribution >= 0.6 is 11.3 Å². The van der Waals surface area contributed by atoms with Crippen LogP contribution in [0, 0.1) is 0 Å². The van der Waals surface area contributed by atoms with Crippen LogP contribution in [0.3, 0.4) is 0 Å². The molecule has 7 heteroatoms. The summed E-state index contributed by atoms with van der Waals surface area (Å²) in [6.07, 6.45) is 6.57. The third kappa shape index (κ3) is 3.27. The molecule has 1 saturated heterocycles. The molecule has 0 saturated carbocycles. The second kappa shape index (κ2) is 6.86. The fourth-order valence-corrected chi connectivity index (χ4v) is 3.92. The lowest BCUT2D eigenvalue weighted by Gasteiger charge is -2.30. The number of aryl methyl sites for hydroxylation is 1. The lowest BCUT2D eigenvalue weighted by atomic mass is 9.96. The Bertz CT molecular complexity index is 771. The largest absolute Gasteiger partial charge is 0.472 e. The summed E-state index contributed by atoms with van der Waals surface area (Å²) < 4.78 is 5.13. The first-order valence-electron chi connectivity index (χ1n) is 8.42. The minimum absolute atomic E-state index is 0.481. The maximum absolute atomic E-state index is 5.13. The van der Waals surface area contributed by atoms with Gasteiger partial charge in [-0.2, -0.15) is 5.10 Å². The Balaban J connectivity index is 1.33. The second-order valence-corrected chi connectivity index (χ2v) is 7.06. The standard InChI is InChI=1S/C17H21N5OS/c1-2-15-19-16(21-20-15)12-3-6-22(7-4-12)9-14-11-24-17(18-14)13-5-8-23-10-13/h5,8,10-12H,2-4,6-7,9H2,1H3,(H,19,20,21). The molecule has 0 aliphatic carbocycles. The quantitative estimate of drug-likeness (QED) is 0.768. The number of thiazole rings is 1. The van der Waals surface area contributed by atoms with E-state index in [-0.39, 0.29) is 0 Å². The fraction of sp³-hybridized carbons (Fsp3) is 0.471. The van der Waals surface area contributed by atoms with Crippen molar-refractivity contribution in [1.82, 2.24) is 25.1 Å². The van der Waals surface area contributed by atoms with Crippen molar-refractivity contribution >= 4 is 11.3 Å². The highest BCUT2D eigenvalue weighted by Crippen LogP contribution is 2.28. The van der Waals surface area contributed by atoms with Gasteiger partial charge in [0.15, 0.2) is 5.82 Å². The zero-order valence-corrected chi connectivity index (χ0v) is 14.6. The zero-order chi connectivity index (χ0) is 16.4. The zero-order valence-electron chi connectivity index (χ0n) is 13.7. The average molecular weight is 343 g/mol. The molecule has 4 rings (SSSR count). The van der Waals surface area contributed by atoms with Gasteiger partial charge >= 0.3 is 0 Å². The molecule has 24 heavy (non-hydrogen) atoms. The minimum atomic E-state index is 0.481. The average Bonchev–Trinajstić information content (AvgIpc) is 3.36. The molecule has 0 unspecified atom stereocenters. The Labute approximate surface area is 144 Å². The first-order valence-corrected chi connectivity index (χ1v) is 9.30. The Morgan fingerprint density at radius 3 is 2.92 bits per heavy atom. The lowest BCUT2D eigenvalue weighted by molar-refractivity contribution is 0.200. The molecule has 0 spiro atoms. The van der Waals surface area contributed by atoms with Crippen molar-refractivity contribution < 1.29 is 4.42 Å². The third-order valence-corrected chi connectivity index (χ3v) is 5.48. The Hall–Kier alpha value is -1.99. The molecule has 4 heterocycles. The van der Waals surface area contributed by atoms with Crippen LogP contribution in [0.1, 0.15) is 43.0 Å². The molecule has 0 atom stereocenters. The summed E-state index contributed by atoms with van der Waals surface area (Å²) in [5.74, 6) is 2.46. The SMILES string of the molecule is CCc1nc(C2CCN(Cc3csc(-c4ccoc4)n3)CC2)n[nH]1. The second-order valence-electron chi connectivity index (χ2n) is 6.20. The Morgan fingerprint density at radius 2 is 2.21 bits per heavy atom. The number of rotatable bonds is 5. The van der Waals surface area contributed by atoms with Crippen molar-refractivity contribution in [2.45, 2.75) is 38.6 Å². The molecule has 0 amide bonds. The van der Waals surface area contributed by atoms with E-state index in [9.17, 15) is 0 Å². The molecule has 6 nitrogen and oxygen atoms in total. The molecule has 1 aliphatic heterocycles. The van der Waals surface area contributed by atoms with Gasteiger partial charge in [-0.05, 0) is 32.0 Å². The van der Waals surface area contributed by atoms with E-state index in [4.69, 9.17) is 9.40 Å². The number of piperidine rings is 1. The molecule has 0 aromatic carbocycles. The van der Waals surface area contributed by atoms with Gasteiger partial charge in [0, 0.05) is 29.8 Å². The van der Waals surface area contributed by atoms with Gasteiger partial charge in [-0.25, -0.2) is 9.97 Å². The van der Waals surface area contributed by atoms with Crippen LogP contribution in [-0.4, -0.2) is 38.2 Å². The van der Waals surface area contributed by atoms with E-state index in [1.165, 1.54) is 0 Å². The van der Waals surface area contributed by atoms with Gasteiger partial charge in [0.25, 0.3) is 0 Å². The molecule has 1 aliphatic rings. The van der Waals surface area contributed by atoms with Crippen molar-refractivity contribution in [3.63, 3.8) is 0 Å². The van der Waals surface area contributed by atoms with Crippen molar-refractivity contribution in [3.05, 3.63) is 41.3 Å². The summed E-state index contributed by atoms with van der Waals surface area (Å²) in [5, 5.41) is 10.6. The molecule has 0 radical (unpaired) electrons. The Morgan fingerprint density at radius 1 is 1.33 bits per heavy atom. The third-order valence-electron chi connectivity index (χ3n) is 4.54. The van der Waals surface area contributed by atoms with Gasteiger partial charge in [-0.1, -0.05) is 6.92 Å². The number of H-pyrrole nitrogens is 1. The van der Waals surface area contributed by atoms with Gasteiger partial charge in [-0.15, -0.1) is 11.3 Å². The van der Waals surface area contributed by atoms with E-state index in [2.05, 4.69) is 32.4 Å². The van der Waals surface area contributed by atoms with Gasteiger partial charge in [0.05, 0.1) is 12.0 Å². The normalized spacial score (nSPS) is 16.7. The number of aromatic amines is 1. The summed E-state index contributed by atoms with van der Waals surface area (Å²) in [6, 6.07) is 1.95. The minimum Gasteiger partial charge on any atom is -0.472 e. The van der Waals surface area contributed by atoms with Crippen LogP contribution in [0.4, 0.5) is 0 Å². The summed E-state index contributed by atoms with van der Waals surface area (Å²) >= 11 is 1.68. The van der Waals surface area contributed by atoms with E-state index >= 15 is 0 Å². The highest BCUT2D eigenvalue weighted by atomic mass is 32.1. The summed E-state index contributed by atoms with van der Waals surface area (Å²) in [7, 11) is 0. The highest BCUT2D eigenvalue weighted by Gasteiger charge is 2.24. The van der Waals surface area contributed by atoms with E-state index < -0.39 is 0 Å². The molecule has 3 aromatic heterocycles. The molecule has 1 fully saturated rings. The topological polar surface area (TPSA) is 70.8 Å². The van der Waals surface area contributed by atoms with Crippen molar-refractivity contribution in [3.8, 4) is 10.6 Å². The lowest BCUT2D eigenvalue weighted by Crippen LogP contribution is -2.32. The summed E-state index contributed by atoms with van der Waals surface area (Å²) in [4.78, 5) is 11.8. The van der Waals surface area contributed by atoms with Crippen LogP contribution < -0.4 is 0 Å². The smallest absolute Gasteiger partial charge is 0.153 e. The number of nitrogens with zero attached hydrogens (tertiary/aromatic N) is 4. The van der Waals surface area contributed by atoms with Gasteiger partial charge in [0.2, 0.25) is 0 Å². The monoisotopic (exact) mass is 343 g/mol. The molecule has 0 bridgehead atoms. The number of hydrogen-bond acceptors (Lipinski definition) is 6. The van der Waals surface area contributed by atoms with Crippen LogP contribution in [0.2, 0.25) is 0 Å². The number of nitrogens with one attached hydrogen (secondary N) is 1. The van der Waals surface area contributed by atoms with Gasteiger partial charge in [-0.3, -0.25) is 10.00 Å². The van der Waals surface area contributed by atoms with E-state index in [1.54, 1.807) is 23.9 Å². The van der Waals surface area contributed by atoms with Crippen molar-refractivity contribution in [1.29, 1.82) is 0 Å². The molecular formula is C17H21N5OS. The summed E-state index contributed by atoms with van der Waals surface area (Å²) in [5.41, 5.74) is 2.20. The molecule has 1 N–H and O–H groups in total. The van der Waals surface area contributed by atoms with Gasteiger partial charge in [0.1, 0.15) is 17.1 Å². The number of likely N-dealkylation sites (tertiary alicyclic amines) is 1. The van der Waals surface area contributed by atoms with E-state index in [0.29, 0.717) is 5.92 Å².